The van der Waals surface area contributed by atoms with Gasteiger partial charge < -0.3 is 9.47 Å². The van der Waals surface area contributed by atoms with Crippen molar-refractivity contribution in [1.82, 2.24) is 4.90 Å². The molecule has 2 aromatic carbocycles. The molecule has 0 aliphatic carbocycles. The Morgan fingerprint density at radius 3 is 2.69 bits per heavy atom. The van der Waals surface area contributed by atoms with E-state index in [4.69, 9.17) is 21.7 Å². The minimum Gasteiger partial charge on any atom is -0.454 e. The van der Waals surface area contributed by atoms with E-state index in [0.717, 1.165) is 16.5 Å². The van der Waals surface area contributed by atoms with Crippen LogP contribution in [0.1, 0.15) is 11.1 Å². The van der Waals surface area contributed by atoms with Crippen LogP contribution in [-0.4, -0.2) is 28.5 Å². The van der Waals surface area contributed by atoms with Crippen LogP contribution >= 0.6 is 39.9 Å². The van der Waals surface area contributed by atoms with E-state index in [1.807, 2.05) is 36.4 Å². The van der Waals surface area contributed by atoms with Crippen LogP contribution in [0.4, 0.5) is 0 Å². The number of thioether (sulfide) groups is 1. The first-order valence-corrected chi connectivity index (χ1v) is 10.0. The first-order valence-electron chi connectivity index (χ1n) is 8.00. The summed E-state index contributed by atoms with van der Waals surface area (Å²) < 4.78 is 12.2. The fourth-order valence-electron chi connectivity index (χ4n) is 2.76. The molecule has 1 saturated heterocycles. The van der Waals surface area contributed by atoms with Crippen molar-refractivity contribution in [1.29, 1.82) is 0 Å². The van der Waals surface area contributed by atoms with E-state index in [0.29, 0.717) is 27.3 Å². The number of carbonyl (C=O) groups is 1. The molecular weight excluding hydrogens is 434 g/mol. The van der Waals surface area contributed by atoms with Crippen molar-refractivity contribution in [2.75, 3.05) is 13.3 Å². The maximum absolute atomic E-state index is 12.8. The Hall–Kier alpha value is -1.83. The molecule has 2 heterocycles. The van der Waals surface area contributed by atoms with Crippen LogP contribution < -0.4 is 9.47 Å². The molecule has 26 heavy (non-hydrogen) atoms. The number of amides is 1. The summed E-state index contributed by atoms with van der Waals surface area (Å²) in [5, 5.41) is 0. The lowest BCUT2D eigenvalue weighted by Crippen LogP contribution is -2.30. The Bertz CT molecular complexity index is 915. The molecular formula is C19H14BrNO3S2. The predicted octanol–water partition coefficient (Wildman–Crippen LogP) is 4.62. The van der Waals surface area contributed by atoms with Crippen LogP contribution in [0, 0.1) is 0 Å². The Labute approximate surface area is 169 Å². The third kappa shape index (κ3) is 3.51. The maximum atomic E-state index is 12.8. The molecule has 1 amide bonds. The van der Waals surface area contributed by atoms with Gasteiger partial charge in [-0.2, -0.15) is 0 Å². The number of carbonyl (C=O) groups excluding carboxylic acids is 1. The number of nitrogens with zero attached hydrogens (tertiary/aromatic N) is 1. The van der Waals surface area contributed by atoms with Crippen LogP contribution in [0.3, 0.4) is 0 Å². The minimum atomic E-state index is -0.0551. The van der Waals surface area contributed by atoms with Gasteiger partial charge in [-0.15, -0.1) is 0 Å². The zero-order valence-electron chi connectivity index (χ0n) is 13.6. The molecule has 0 N–H and O–H groups in total. The molecule has 0 saturated carbocycles. The summed E-state index contributed by atoms with van der Waals surface area (Å²) in [6.45, 7) is 0.793. The summed E-state index contributed by atoms with van der Waals surface area (Å²) >= 11 is 10.3. The summed E-state index contributed by atoms with van der Waals surface area (Å²) in [7, 11) is 0. The molecule has 2 aliphatic rings. The Morgan fingerprint density at radius 1 is 1.19 bits per heavy atom. The van der Waals surface area contributed by atoms with Gasteiger partial charge in [0.1, 0.15) is 4.32 Å². The van der Waals surface area contributed by atoms with Crippen LogP contribution in [-0.2, 0) is 11.2 Å². The maximum Gasteiger partial charge on any atom is 0.266 e. The lowest BCUT2D eigenvalue weighted by Gasteiger charge is -2.14. The third-order valence-corrected chi connectivity index (χ3v) is 6.18. The zero-order valence-corrected chi connectivity index (χ0v) is 16.8. The largest absolute Gasteiger partial charge is 0.454 e. The smallest absolute Gasteiger partial charge is 0.266 e. The summed E-state index contributed by atoms with van der Waals surface area (Å²) in [4.78, 5) is 15.0. The molecule has 0 aromatic heterocycles. The van der Waals surface area contributed by atoms with Crippen molar-refractivity contribution in [3.05, 3.63) is 63.0 Å². The Balaban J connectivity index is 1.52. The van der Waals surface area contributed by atoms with Gasteiger partial charge in [0.15, 0.2) is 11.5 Å². The van der Waals surface area contributed by atoms with Gasteiger partial charge >= 0.3 is 0 Å². The molecule has 2 aliphatic heterocycles. The number of rotatable bonds is 4. The van der Waals surface area contributed by atoms with Crippen molar-refractivity contribution in [2.45, 2.75) is 6.42 Å². The van der Waals surface area contributed by atoms with E-state index in [2.05, 4.69) is 28.1 Å². The van der Waals surface area contributed by atoms with Crippen LogP contribution in [0.15, 0.2) is 51.8 Å². The van der Waals surface area contributed by atoms with Gasteiger partial charge in [0.2, 0.25) is 6.79 Å². The Morgan fingerprint density at radius 2 is 1.92 bits per heavy atom. The third-order valence-electron chi connectivity index (χ3n) is 4.12. The Kier molecular flexibility index (Phi) is 5.02. The summed E-state index contributed by atoms with van der Waals surface area (Å²) in [6, 6.07) is 13.8. The number of fused-ring (bicyclic) bond motifs is 1. The molecule has 1 fully saturated rings. The van der Waals surface area contributed by atoms with Crippen molar-refractivity contribution >= 4 is 56.2 Å². The van der Waals surface area contributed by atoms with Crippen LogP contribution in [0.25, 0.3) is 6.08 Å². The highest BCUT2D eigenvalue weighted by atomic mass is 79.9. The van der Waals surface area contributed by atoms with Crippen molar-refractivity contribution < 1.29 is 14.3 Å². The zero-order chi connectivity index (χ0) is 18.1. The van der Waals surface area contributed by atoms with Gasteiger partial charge in [-0.1, -0.05) is 70.2 Å². The molecule has 0 atom stereocenters. The average Bonchev–Trinajstić information content (AvgIpc) is 3.19. The lowest BCUT2D eigenvalue weighted by molar-refractivity contribution is -0.122. The first-order chi connectivity index (χ1) is 12.6. The van der Waals surface area contributed by atoms with E-state index < -0.39 is 0 Å². The number of benzene rings is 2. The highest BCUT2D eigenvalue weighted by Crippen LogP contribution is 2.40. The van der Waals surface area contributed by atoms with E-state index in [-0.39, 0.29) is 12.7 Å². The number of hydrogen-bond acceptors (Lipinski definition) is 5. The highest BCUT2D eigenvalue weighted by Gasteiger charge is 2.32. The summed E-state index contributed by atoms with van der Waals surface area (Å²) in [5.41, 5.74) is 2.04. The van der Waals surface area contributed by atoms with E-state index >= 15 is 0 Å². The number of ether oxygens (including phenoxy) is 2. The van der Waals surface area contributed by atoms with Crippen LogP contribution in [0.5, 0.6) is 11.5 Å². The van der Waals surface area contributed by atoms with Gasteiger partial charge in [-0.25, -0.2) is 0 Å². The standard InChI is InChI=1S/C19H14BrNO3S2/c20-14-10-16-15(23-11-24-16)8-13(14)9-17-18(22)21(19(25)26-17)7-6-12-4-2-1-3-5-12/h1-5,8-10H,6-7,11H2. The molecule has 4 nitrogen and oxygen atoms in total. The van der Waals surface area contributed by atoms with E-state index in [1.54, 1.807) is 4.90 Å². The second kappa shape index (κ2) is 7.42. The quantitative estimate of drug-likeness (QED) is 0.504. The minimum absolute atomic E-state index is 0.0551. The number of hydrogen-bond donors (Lipinski definition) is 0. The fourth-order valence-corrected chi connectivity index (χ4v) is 4.50. The monoisotopic (exact) mass is 447 g/mol. The number of halogens is 1. The average molecular weight is 448 g/mol. The van der Waals surface area contributed by atoms with Crippen molar-refractivity contribution in [3.8, 4) is 11.5 Å². The summed E-state index contributed by atoms with van der Waals surface area (Å²) in [6.07, 6.45) is 2.61. The molecule has 0 bridgehead atoms. The topological polar surface area (TPSA) is 38.8 Å². The van der Waals surface area contributed by atoms with E-state index in [1.165, 1.54) is 17.3 Å². The molecule has 4 rings (SSSR count). The predicted molar refractivity (Wildman–Crippen MR) is 110 cm³/mol. The number of thiocarbonyl (C=S) groups is 1. The summed E-state index contributed by atoms with van der Waals surface area (Å²) in [5.74, 6) is 1.32. The molecule has 2 aromatic rings. The highest BCUT2D eigenvalue weighted by molar-refractivity contribution is 9.10. The van der Waals surface area contributed by atoms with Gasteiger partial charge in [-0.3, -0.25) is 9.69 Å². The van der Waals surface area contributed by atoms with Crippen molar-refractivity contribution in [2.24, 2.45) is 0 Å². The molecule has 7 heteroatoms. The SMILES string of the molecule is O=C1C(=Cc2cc3c(cc2Br)OCO3)SC(=S)N1CCc1ccccc1. The van der Waals surface area contributed by atoms with Crippen LogP contribution in [0.2, 0.25) is 0 Å². The van der Waals surface area contributed by atoms with E-state index in [9.17, 15) is 4.79 Å². The molecule has 0 unspecified atom stereocenters. The second-order valence-corrected chi connectivity index (χ2v) is 8.33. The fraction of sp³-hybridized carbons (Fsp3) is 0.158. The second-order valence-electron chi connectivity index (χ2n) is 5.80. The van der Waals surface area contributed by atoms with Gasteiger partial charge in [0.25, 0.3) is 5.91 Å². The lowest BCUT2D eigenvalue weighted by atomic mass is 10.1. The molecule has 0 spiro atoms. The van der Waals surface area contributed by atoms with Gasteiger partial charge in [-0.05, 0) is 35.8 Å². The normalized spacial score (nSPS) is 17.4. The molecule has 0 radical (unpaired) electrons. The van der Waals surface area contributed by atoms with Gasteiger partial charge in [0.05, 0.1) is 4.91 Å². The molecule has 132 valence electrons. The van der Waals surface area contributed by atoms with Crippen molar-refractivity contribution in [3.63, 3.8) is 0 Å². The van der Waals surface area contributed by atoms with Gasteiger partial charge in [0, 0.05) is 11.0 Å². The first kappa shape index (κ1) is 17.6.